The van der Waals surface area contributed by atoms with Crippen molar-refractivity contribution in [3.05, 3.63) is 22.4 Å². The summed E-state index contributed by atoms with van der Waals surface area (Å²) in [4.78, 5) is 28.8. The Morgan fingerprint density at radius 2 is 2.13 bits per heavy atom. The Balaban J connectivity index is 1.89. The van der Waals surface area contributed by atoms with Crippen LogP contribution in [0.15, 0.2) is 17.5 Å². The van der Waals surface area contributed by atoms with E-state index in [0.717, 1.165) is 20.6 Å². The molecule has 8 heteroatoms. The normalized spacial score (nSPS) is 10.6. The van der Waals surface area contributed by atoms with E-state index in [1.165, 1.54) is 6.92 Å². The van der Waals surface area contributed by atoms with E-state index in [9.17, 15) is 9.59 Å². The lowest BCUT2D eigenvalue weighted by Gasteiger charge is -2.04. The maximum absolute atomic E-state index is 11.5. The maximum atomic E-state index is 11.5. The van der Waals surface area contributed by atoms with Gasteiger partial charge in [-0.15, -0.1) is 22.7 Å². The van der Waals surface area contributed by atoms with Crippen LogP contribution in [0.25, 0.3) is 10.6 Å². The molecule has 124 valence electrons. The van der Waals surface area contributed by atoms with Crippen molar-refractivity contribution in [2.24, 2.45) is 0 Å². The molecule has 0 spiro atoms. The Morgan fingerprint density at radius 3 is 2.83 bits per heavy atom. The summed E-state index contributed by atoms with van der Waals surface area (Å²) in [5.74, 6) is -0.778. The monoisotopic (exact) mass is 353 g/mol. The first-order valence-electron chi connectivity index (χ1n) is 7.15. The molecule has 2 aromatic heterocycles. The largest absolute Gasteiger partial charge is 0.456 e. The van der Waals surface area contributed by atoms with Crippen molar-refractivity contribution in [1.82, 2.24) is 10.3 Å². The first-order chi connectivity index (χ1) is 10.9. The van der Waals surface area contributed by atoms with Crippen molar-refractivity contribution >= 4 is 39.7 Å². The number of carbonyl (C=O) groups excluding carboxylic acids is 2. The van der Waals surface area contributed by atoms with Gasteiger partial charge in [-0.1, -0.05) is 0 Å². The lowest BCUT2D eigenvalue weighted by atomic mass is 10.3. The molecule has 0 aliphatic rings. The minimum absolute atomic E-state index is 0.246. The van der Waals surface area contributed by atoms with Gasteiger partial charge in [0.2, 0.25) is 0 Å². The molecule has 0 aromatic carbocycles. The van der Waals surface area contributed by atoms with Crippen LogP contribution in [0.1, 0.15) is 25.6 Å². The minimum Gasteiger partial charge on any atom is -0.456 e. The number of rotatable bonds is 7. The van der Waals surface area contributed by atoms with Gasteiger partial charge in [0.25, 0.3) is 5.91 Å². The molecule has 0 bridgehead atoms. The Bertz CT molecular complexity index is 679. The van der Waals surface area contributed by atoms with E-state index >= 15 is 0 Å². The first-order valence-corrected chi connectivity index (χ1v) is 8.85. The summed E-state index contributed by atoms with van der Waals surface area (Å²) >= 11 is 3.15. The molecule has 2 aromatic rings. The third kappa shape index (κ3) is 5.65. The first kappa shape index (κ1) is 17.4. The average Bonchev–Trinajstić information content (AvgIpc) is 3.11. The topological polar surface area (TPSA) is 80.3 Å². The summed E-state index contributed by atoms with van der Waals surface area (Å²) < 4.78 is 4.64. The van der Waals surface area contributed by atoms with Crippen LogP contribution < -0.4 is 10.6 Å². The number of nitrogens with zero attached hydrogens (tertiary/aromatic N) is 1. The van der Waals surface area contributed by atoms with Crippen molar-refractivity contribution in [3.63, 3.8) is 0 Å². The van der Waals surface area contributed by atoms with Crippen LogP contribution in [0, 0.1) is 0 Å². The van der Waals surface area contributed by atoms with Gasteiger partial charge in [0.1, 0.15) is 0 Å². The van der Waals surface area contributed by atoms with E-state index in [1.54, 1.807) is 22.7 Å². The number of hydrogen-bond donors (Lipinski definition) is 2. The number of hydrogen-bond acceptors (Lipinski definition) is 7. The highest BCUT2D eigenvalue weighted by Crippen LogP contribution is 2.30. The number of nitrogens with one attached hydrogen (secondary N) is 2. The van der Waals surface area contributed by atoms with Crippen molar-refractivity contribution in [1.29, 1.82) is 0 Å². The van der Waals surface area contributed by atoms with Gasteiger partial charge >= 0.3 is 5.97 Å². The molecule has 0 aliphatic carbocycles. The fourth-order valence-corrected chi connectivity index (χ4v) is 3.56. The summed E-state index contributed by atoms with van der Waals surface area (Å²) in [6, 6.07) is 4.30. The van der Waals surface area contributed by atoms with E-state index in [0.29, 0.717) is 12.6 Å². The Hall–Kier alpha value is -1.93. The third-order valence-electron chi connectivity index (χ3n) is 2.70. The summed E-state index contributed by atoms with van der Waals surface area (Å²) in [5.41, 5.74) is 0.931. The van der Waals surface area contributed by atoms with Crippen molar-refractivity contribution in [3.8, 4) is 10.6 Å². The smallest absolute Gasteiger partial charge is 0.303 e. The average molecular weight is 353 g/mol. The zero-order chi connectivity index (χ0) is 16.8. The molecule has 6 nitrogen and oxygen atoms in total. The second-order valence-electron chi connectivity index (χ2n) is 5.16. The van der Waals surface area contributed by atoms with E-state index in [1.807, 2.05) is 17.5 Å². The highest BCUT2D eigenvalue weighted by Gasteiger charge is 2.09. The Morgan fingerprint density at radius 1 is 1.35 bits per heavy atom. The molecular formula is C15H19N3O3S2. The molecule has 1 amide bonds. The zero-order valence-corrected chi connectivity index (χ0v) is 14.8. The molecule has 0 radical (unpaired) electrons. The molecular weight excluding hydrogens is 334 g/mol. The predicted octanol–water partition coefficient (Wildman–Crippen LogP) is 2.87. The molecule has 0 aliphatic heterocycles. The van der Waals surface area contributed by atoms with E-state index < -0.39 is 5.97 Å². The van der Waals surface area contributed by atoms with Gasteiger partial charge in [0.05, 0.1) is 17.1 Å². The SMILES string of the molecule is CC(=O)OCC(=O)NCc1ccc(-c2csc(NC(C)C)n2)s1. The Labute approximate surface area is 142 Å². The summed E-state index contributed by atoms with van der Waals surface area (Å²) in [6.07, 6.45) is 0. The lowest BCUT2D eigenvalue weighted by molar-refractivity contribution is -0.146. The number of anilines is 1. The van der Waals surface area contributed by atoms with Crippen LogP contribution in [0.3, 0.4) is 0 Å². The zero-order valence-electron chi connectivity index (χ0n) is 13.2. The van der Waals surface area contributed by atoms with Crippen molar-refractivity contribution < 1.29 is 14.3 Å². The molecule has 0 saturated heterocycles. The van der Waals surface area contributed by atoms with Crippen molar-refractivity contribution in [2.45, 2.75) is 33.4 Å². The van der Waals surface area contributed by atoms with Crippen LogP contribution in [0.4, 0.5) is 5.13 Å². The maximum Gasteiger partial charge on any atom is 0.303 e. The van der Waals surface area contributed by atoms with E-state index in [4.69, 9.17) is 0 Å². The number of thiophene rings is 1. The number of thiazole rings is 1. The van der Waals surface area contributed by atoms with Crippen LogP contribution in [-0.2, 0) is 20.9 Å². The van der Waals surface area contributed by atoms with Crippen LogP contribution in [0.2, 0.25) is 0 Å². The third-order valence-corrected chi connectivity index (χ3v) is 4.58. The van der Waals surface area contributed by atoms with Gasteiger partial charge in [-0.05, 0) is 26.0 Å². The number of carbonyl (C=O) groups is 2. The second-order valence-corrected chi connectivity index (χ2v) is 7.19. The van der Waals surface area contributed by atoms with Gasteiger partial charge in [-0.25, -0.2) is 4.98 Å². The number of aromatic nitrogens is 1. The molecule has 2 rings (SSSR count). The Kier molecular flexibility index (Phi) is 6.12. The molecule has 0 unspecified atom stereocenters. The highest BCUT2D eigenvalue weighted by atomic mass is 32.1. The van der Waals surface area contributed by atoms with Crippen LogP contribution in [0.5, 0.6) is 0 Å². The number of esters is 1. The van der Waals surface area contributed by atoms with E-state index in [2.05, 4.69) is 34.2 Å². The van der Waals surface area contributed by atoms with Gasteiger partial charge in [-0.2, -0.15) is 0 Å². The number of amides is 1. The molecule has 23 heavy (non-hydrogen) atoms. The van der Waals surface area contributed by atoms with Gasteiger partial charge in [0.15, 0.2) is 11.7 Å². The second kappa shape index (κ2) is 8.07. The standard InChI is InChI=1S/C15H19N3O3S2/c1-9(2)17-15-18-12(8-22-15)13-5-4-11(23-13)6-16-14(20)7-21-10(3)19/h4-5,8-9H,6-7H2,1-3H3,(H,16,20)(H,17,18). The lowest BCUT2D eigenvalue weighted by Crippen LogP contribution is -2.27. The van der Waals surface area contributed by atoms with Crippen LogP contribution in [-0.4, -0.2) is 29.5 Å². The summed E-state index contributed by atoms with van der Waals surface area (Å²) in [6.45, 7) is 5.58. The summed E-state index contributed by atoms with van der Waals surface area (Å²) in [7, 11) is 0. The van der Waals surface area contributed by atoms with E-state index in [-0.39, 0.29) is 12.5 Å². The van der Waals surface area contributed by atoms with Crippen molar-refractivity contribution in [2.75, 3.05) is 11.9 Å². The van der Waals surface area contributed by atoms with Gasteiger partial charge < -0.3 is 15.4 Å². The predicted molar refractivity (Wildman–Crippen MR) is 92.7 cm³/mol. The molecule has 0 fully saturated rings. The van der Waals surface area contributed by atoms with Gasteiger partial charge in [-0.3, -0.25) is 9.59 Å². The fraction of sp³-hybridized carbons (Fsp3) is 0.400. The summed E-state index contributed by atoms with van der Waals surface area (Å²) in [5, 5.41) is 8.91. The molecule has 0 atom stereocenters. The van der Waals surface area contributed by atoms with Gasteiger partial charge in [0, 0.05) is 23.2 Å². The van der Waals surface area contributed by atoms with Crippen LogP contribution >= 0.6 is 22.7 Å². The molecule has 2 N–H and O–H groups in total. The highest BCUT2D eigenvalue weighted by molar-refractivity contribution is 7.17. The number of ether oxygens (including phenoxy) is 1. The fourth-order valence-electron chi connectivity index (χ4n) is 1.71. The quantitative estimate of drug-likeness (QED) is 0.748. The molecule has 0 saturated carbocycles. The minimum atomic E-state index is -0.465. The molecule has 2 heterocycles.